The molecule has 2 aromatic heterocycles. The fraction of sp³-hybridized carbons (Fsp3) is 0.182. The number of halogens is 1. The Morgan fingerprint density at radius 2 is 2.38 bits per heavy atom. The smallest absolute Gasteiger partial charge is 0.149 e. The SMILES string of the molecule is CC(Nc1ncc(Br)cc1N)c1cccs1. The lowest BCUT2D eigenvalue weighted by Crippen LogP contribution is -2.08. The van der Waals surface area contributed by atoms with E-state index in [1.807, 2.05) is 12.1 Å². The van der Waals surface area contributed by atoms with E-state index >= 15 is 0 Å². The van der Waals surface area contributed by atoms with Crippen molar-refractivity contribution in [3.8, 4) is 0 Å². The number of hydrogen-bond acceptors (Lipinski definition) is 4. The van der Waals surface area contributed by atoms with Crippen molar-refractivity contribution in [2.45, 2.75) is 13.0 Å². The van der Waals surface area contributed by atoms with Crippen molar-refractivity contribution in [3.63, 3.8) is 0 Å². The molecule has 84 valence electrons. The molecule has 0 aliphatic heterocycles. The van der Waals surface area contributed by atoms with Gasteiger partial charge in [-0.2, -0.15) is 0 Å². The molecule has 0 fully saturated rings. The fourth-order valence-electron chi connectivity index (χ4n) is 1.39. The summed E-state index contributed by atoms with van der Waals surface area (Å²) in [5.41, 5.74) is 6.52. The molecule has 2 heterocycles. The van der Waals surface area contributed by atoms with Crippen LogP contribution in [0.15, 0.2) is 34.2 Å². The van der Waals surface area contributed by atoms with Crippen LogP contribution in [-0.4, -0.2) is 4.98 Å². The van der Waals surface area contributed by atoms with Gasteiger partial charge >= 0.3 is 0 Å². The highest BCUT2D eigenvalue weighted by atomic mass is 79.9. The summed E-state index contributed by atoms with van der Waals surface area (Å²) < 4.78 is 0.888. The summed E-state index contributed by atoms with van der Waals surface area (Å²) >= 11 is 5.05. The van der Waals surface area contributed by atoms with Crippen LogP contribution < -0.4 is 11.1 Å². The molecule has 0 saturated heterocycles. The molecule has 5 heteroatoms. The number of hydrogen-bond donors (Lipinski definition) is 2. The summed E-state index contributed by atoms with van der Waals surface area (Å²) in [5, 5.41) is 5.35. The largest absolute Gasteiger partial charge is 0.396 e. The predicted octanol–water partition coefficient (Wildman–Crippen LogP) is 3.66. The minimum Gasteiger partial charge on any atom is -0.396 e. The number of aromatic nitrogens is 1. The maximum absolute atomic E-state index is 5.87. The van der Waals surface area contributed by atoms with Crippen molar-refractivity contribution in [2.24, 2.45) is 0 Å². The van der Waals surface area contributed by atoms with Crippen molar-refractivity contribution in [3.05, 3.63) is 39.1 Å². The van der Waals surface area contributed by atoms with Crippen LogP contribution in [0.1, 0.15) is 17.8 Å². The van der Waals surface area contributed by atoms with Crippen LogP contribution in [0.3, 0.4) is 0 Å². The highest BCUT2D eigenvalue weighted by Crippen LogP contribution is 2.26. The topological polar surface area (TPSA) is 50.9 Å². The third kappa shape index (κ3) is 2.54. The van der Waals surface area contributed by atoms with Crippen LogP contribution in [0.4, 0.5) is 11.5 Å². The van der Waals surface area contributed by atoms with E-state index in [-0.39, 0.29) is 6.04 Å². The molecule has 0 spiro atoms. The number of nitrogens with two attached hydrogens (primary N) is 1. The summed E-state index contributed by atoms with van der Waals surface area (Å²) in [6, 6.07) is 6.20. The molecule has 16 heavy (non-hydrogen) atoms. The normalized spacial score (nSPS) is 12.4. The molecule has 0 amide bonds. The van der Waals surface area contributed by atoms with Crippen molar-refractivity contribution in [1.29, 1.82) is 0 Å². The highest BCUT2D eigenvalue weighted by Gasteiger charge is 2.09. The standard InChI is InChI=1S/C11H12BrN3S/c1-7(10-3-2-4-16-10)15-11-9(13)5-8(12)6-14-11/h2-7H,13H2,1H3,(H,14,15). The number of nitrogen functional groups attached to an aromatic ring is 1. The van der Waals surface area contributed by atoms with Crippen LogP contribution in [0.5, 0.6) is 0 Å². The zero-order chi connectivity index (χ0) is 11.5. The maximum Gasteiger partial charge on any atom is 0.149 e. The highest BCUT2D eigenvalue weighted by molar-refractivity contribution is 9.10. The van der Waals surface area contributed by atoms with Gasteiger partial charge in [-0.25, -0.2) is 4.98 Å². The Kier molecular flexibility index (Phi) is 3.46. The van der Waals surface area contributed by atoms with Crippen LogP contribution >= 0.6 is 27.3 Å². The van der Waals surface area contributed by atoms with Gasteiger partial charge in [0.1, 0.15) is 5.82 Å². The first-order chi connectivity index (χ1) is 7.66. The molecule has 1 unspecified atom stereocenters. The zero-order valence-corrected chi connectivity index (χ0v) is 11.2. The van der Waals surface area contributed by atoms with Crippen molar-refractivity contribution in [2.75, 3.05) is 11.1 Å². The lowest BCUT2D eigenvalue weighted by atomic mass is 10.2. The first-order valence-electron chi connectivity index (χ1n) is 4.88. The maximum atomic E-state index is 5.87. The van der Waals surface area contributed by atoms with Crippen LogP contribution in [0.2, 0.25) is 0 Å². The average molecular weight is 298 g/mol. The van der Waals surface area contributed by atoms with Crippen molar-refractivity contribution >= 4 is 38.8 Å². The van der Waals surface area contributed by atoms with Crippen LogP contribution in [-0.2, 0) is 0 Å². The molecule has 1 atom stereocenters. The number of nitrogens with one attached hydrogen (secondary N) is 1. The lowest BCUT2D eigenvalue weighted by Gasteiger charge is -2.14. The molecular formula is C11H12BrN3S. The second kappa shape index (κ2) is 4.84. The van der Waals surface area contributed by atoms with E-state index in [1.165, 1.54) is 4.88 Å². The van der Waals surface area contributed by atoms with Gasteiger partial charge in [-0.05, 0) is 40.4 Å². The predicted molar refractivity (Wildman–Crippen MR) is 72.7 cm³/mol. The molecule has 3 N–H and O–H groups in total. The van der Waals surface area contributed by atoms with Crippen LogP contribution in [0.25, 0.3) is 0 Å². The van der Waals surface area contributed by atoms with Gasteiger partial charge in [0.05, 0.1) is 11.7 Å². The zero-order valence-electron chi connectivity index (χ0n) is 8.77. The Bertz CT molecular complexity index is 470. The number of thiophene rings is 1. The molecule has 0 aliphatic carbocycles. The molecule has 0 bridgehead atoms. The molecule has 2 rings (SSSR count). The molecule has 2 aromatic rings. The first-order valence-corrected chi connectivity index (χ1v) is 6.55. The summed E-state index contributed by atoms with van der Waals surface area (Å²) in [7, 11) is 0. The van der Waals surface area contributed by atoms with E-state index in [1.54, 1.807) is 17.5 Å². The Hall–Kier alpha value is -1.07. The van der Waals surface area contributed by atoms with E-state index < -0.39 is 0 Å². The quantitative estimate of drug-likeness (QED) is 0.909. The minimum atomic E-state index is 0.218. The van der Waals surface area contributed by atoms with Gasteiger partial charge in [0.25, 0.3) is 0 Å². The monoisotopic (exact) mass is 297 g/mol. The van der Waals surface area contributed by atoms with Gasteiger partial charge in [0.2, 0.25) is 0 Å². The van der Waals surface area contributed by atoms with E-state index in [0.29, 0.717) is 5.69 Å². The van der Waals surface area contributed by atoms with E-state index in [4.69, 9.17) is 5.73 Å². The number of pyridine rings is 1. The van der Waals surface area contributed by atoms with Crippen molar-refractivity contribution in [1.82, 2.24) is 4.98 Å². The van der Waals surface area contributed by atoms with E-state index in [9.17, 15) is 0 Å². The minimum absolute atomic E-state index is 0.218. The van der Waals surface area contributed by atoms with Gasteiger partial charge in [0.15, 0.2) is 0 Å². The molecule has 0 aromatic carbocycles. The summed E-state index contributed by atoms with van der Waals surface area (Å²) in [6.07, 6.45) is 1.74. The molecule has 0 saturated carbocycles. The first kappa shape index (κ1) is 11.4. The second-order valence-corrected chi connectivity index (χ2v) is 5.37. The third-order valence-electron chi connectivity index (χ3n) is 2.21. The second-order valence-electron chi connectivity index (χ2n) is 3.47. The summed E-state index contributed by atoms with van der Waals surface area (Å²) in [5.74, 6) is 0.726. The third-order valence-corrected chi connectivity index (χ3v) is 3.70. The molecule has 0 aliphatic rings. The summed E-state index contributed by atoms with van der Waals surface area (Å²) in [6.45, 7) is 2.09. The van der Waals surface area contributed by atoms with Gasteiger partial charge < -0.3 is 11.1 Å². The molecule has 0 radical (unpaired) electrons. The Morgan fingerprint density at radius 3 is 3.00 bits per heavy atom. The number of nitrogens with zero attached hydrogens (tertiary/aromatic N) is 1. The lowest BCUT2D eigenvalue weighted by molar-refractivity contribution is 0.897. The van der Waals surface area contributed by atoms with E-state index in [2.05, 4.69) is 44.6 Å². The average Bonchev–Trinajstić information content (AvgIpc) is 2.75. The Labute approximate surface area is 107 Å². The number of anilines is 2. The summed E-state index contributed by atoms with van der Waals surface area (Å²) in [4.78, 5) is 5.52. The van der Waals surface area contributed by atoms with Crippen LogP contribution in [0, 0.1) is 0 Å². The fourth-order valence-corrected chi connectivity index (χ4v) is 2.47. The number of rotatable bonds is 3. The van der Waals surface area contributed by atoms with Gasteiger partial charge in [-0.1, -0.05) is 6.07 Å². The van der Waals surface area contributed by atoms with Gasteiger partial charge in [0, 0.05) is 15.5 Å². The Balaban J connectivity index is 2.15. The van der Waals surface area contributed by atoms with Gasteiger partial charge in [-0.3, -0.25) is 0 Å². The Morgan fingerprint density at radius 1 is 1.56 bits per heavy atom. The van der Waals surface area contributed by atoms with Gasteiger partial charge in [-0.15, -0.1) is 11.3 Å². The van der Waals surface area contributed by atoms with E-state index in [0.717, 1.165) is 10.3 Å². The molecule has 3 nitrogen and oxygen atoms in total. The molecular weight excluding hydrogens is 286 g/mol. The van der Waals surface area contributed by atoms with Crippen molar-refractivity contribution < 1.29 is 0 Å².